The molecule has 6 heteroatoms. The molecule has 168 valence electrons. The molecule has 32 heavy (non-hydrogen) atoms. The summed E-state index contributed by atoms with van der Waals surface area (Å²) in [5, 5.41) is 1.14. The molecular formula is C26H30N2O4. The first kappa shape index (κ1) is 21.9. The van der Waals surface area contributed by atoms with Crippen LogP contribution >= 0.6 is 0 Å². The van der Waals surface area contributed by atoms with Crippen molar-refractivity contribution in [2.75, 3.05) is 20.3 Å². The Hall–Kier alpha value is -3.28. The van der Waals surface area contributed by atoms with Gasteiger partial charge in [-0.2, -0.15) is 0 Å². The van der Waals surface area contributed by atoms with Crippen LogP contribution in [0.15, 0.2) is 36.5 Å². The number of Topliss-reactive ketones (excluding diaryl/α,β-unsaturated/α-hetero) is 1. The molecule has 0 radical (unpaired) electrons. The first-order valence-corrected chi connectivity index (χ1v) is 11.2. The van der Waals surface area contributed by atoms with Gasteiger partial charge < -0.3 is 19.4 Å². The maximum absolute atomic E-state index is 11.9. The first-order chi connectivity index (χ1) is 15.5. The summed E-state index contributed by atoms with van der Waals surface area (Å²) in [6.07, 6.45) is 5.85. The standard InChI is InChI=1S/C26H30N2O4/c1-4-32-26-14-22-19(13-25(26)31-3)9-10-28(16-29)24(22)8-6-20-15-27-23-7-5-18(11-17(2)30)12-21(20)23/h5,7,12-16,24,27H,4,6,8-11H2,1-3H3. The fourth-order valence-corrected chi connectivity index (χ4v) is 4.73. The number of methoxy groups -OCH3 is 1. The molecule has 2 heterocycles. The third-order valence-electron chi connectivity index (χ3n) is 6.23. The third-order valence-corrected chi connectivity index (χ3v) is 6.23. The van der Waals surface area contributed by atoms with Gasteiger partial charge in [0.2, 0.25) is 6.41 Å². The molecule has 0 spiro atoms. The molecule has 1 aliphatic rings. The van der Waals surface area contributed by atoms with Crippen LogP contribution in [0.1, 0.15) is 48.6 Å². The number of nitrogens with zero attached hydrogens (tertiary/aromatic N) is 1. The summed E-state index contributed by atoms with van der Waals surface area (Å²) in [6.45, 7) is 4.80. The molecule has 1 N–H and O–H groups in total. The van der Waals surface area contributed by atoms with E-state index in [9.17, 15) is 9.59 Å². The van der Waals surface area contributed by atoms with Gasteiger partial charge in [-0.3, -0.25) is 9.59 Å². The Kier molecular flexibility index (Phi) is 6.49. The van der Waals surface area contributed by atoms with Crippen molar-refractivity contribution in [3.05, 3.63) is 58.8 Å². The molecule has 0 saturated carbocycles. The lowest BCUT2D eigenvalue weighted by Crippen LogP contribution is -2.34. The average Bonchev–Trinajstić information content (AvgIpc) is 3.19. The van der Waals surface area contributed by atoms with Crippen LogP contribution in [0, 0.1) is 0 Å². The van der Waals surface area contributed by atoms with Crippen LogP contribution in [0.5, 0.6) is 11.5 Å². The van der Waals surface area contributed by atoms with Gasteiger partial charge in [-0.05, 0) is 79.6 Å². The van der Waals surface area contributed by atoms with Crippen molar-refractivity contribution >= 4 is 23.1 Å². The highest BCUT2D eigenvalue weighted by molar-refractivity contribution is 5.86. The van der Waals surface area contributed by atoms with E-state index in [0.29, 0.717) is 25.3 Å². The van der Waals surface area contributed by atoms with Crippen molar-refractivity contribution < 1.29 is 19.1 Å². The number of carbonyl (C=O) groups excluding carboxylic acids is 2. The number of amides is 1. The summed E-state index contributed by atoms with van der Waals surface area (Å²) in [5.41, 5.74) is 5.62. The van der Waals surface area contributed by atoms with Gasteiger partial charge in [0, 0.05) is 30.1 Å². The lowest BCUT2D eigenvalue weighted by molar-refractivity contribution is -0.121. The fourth-order valence-electron chi connectivity index (χ4n) is 4.73. The molecule has 0 saturated heterocycles. The van der Waals surface area contributed by atoms with Gasteiger partial charge in [-0.15, -0.1) is 0 Å². The molecule has 0 bridgehead atoms. The fraction of sp³-hybridized carbons (Fsp3) is 0.385. The number of hydrogen-bond acceptors (Lipinski definition) is 4. The van der Waals surface area contributed by atoms with Gasteiger partial charge in [0.1, 0.15) is 5.78 Å². The Morgan fingerprint density at radius 1 is 1.25 bits per heavy atom. The van der Waals surface area contributed by atoms with Crippen LogP contribution in [-0.4, -0.2) is 42.3 Å². The van der Waals surface area contributed by atoms with E-state index in [1.807, 2.05) is 36.2 Å². The quantitative estimate of drug-likeness (QED) is 0.507. The number of nitrogens with one attached hydrogen (secondary N) is 1. The number of ketones is 1. The summed E-state index contributed by atoms with van der Waals surface area (Å²) >= 11 is 0. The number of hydrogen-bond donors (Lipinski definition) is 1. The second kappa shape index (κ2) is 9.47. The molecular weight excluding hydrogens is 404 g/mol. The maximum Gasteiger partial charge on any atom is 0.210 e. The van der Waals surface area contributed by atoms with Crippen LogP contribution in [0.2, 0.25) is 0 Å². The summed E-state index contributed by atoms with van der Waals surface area (Å²) < 4.78 is 11.3. The minimum Gasteiger partial charge on any atom is -0.493 e. The van der Waals surface area contributed by atoms with Crippen molar-refractivity contribution in [3.8, 4) is 11.5 Å². The lowest BCUT2D eigenvalue weighted by atomic mass is 9.88. The van der Waals surface area contributed by atoms with Gasteiger partial charge in [0.05, 0.1) is 19.8 Å². The molecule has 0 aliphatic carbocycles. The third kappa shape index (κ3) is 4.35. The zero-order valence-electron chi connectivity index (χ0n) is 18.9. The van der Waals surface area contributed by atoms with Crippen LogP contribution in [0.3, 0.4) is 0 Å². The highest BCUT2D eigenvalue weighted by Crippen LogP contribution is 2.40. The molecule has 3 aromatic rings. The van der Waals surface area contributed by atoms with Crippen LogP contribution in [0.25, 0.3) is 10.9 Å². The number of fused-ring (bicyclic) bond motifs is 2. The predicted molar refractivity (Wildman–Crippen MR) is 124 cm³/mol. The molecule has 1 aromatic heterocycles. The number of aromatic nitrogens is 1. The lowest BCUT2D eigenvalue weighted by Gasteiger charge is -2.35. The van der Waals surface area contributed by atoms with Crippen molar-refractivity contribution in [2.24, 2.45) is 0 Å². The van der Waals surface area contributed by atoms with E-state index < -0.39 is 0 Å². The van der Waals surface area contributed by atoms with E-state index in [-0.39, 0.29) is 11.8 Å². The Bertz CT molecular complexity index is 1130. The second-order valence-corrected chi connectivity index (χ2v) is 8.36. The smallest absolute Gasteiger partial charge is 0.210 e. The summed E-state index contributed by atoms with van der Waals surface area (Å²) in [7, 11) is 1.65. The van der Waals surface area contributed by atoms with Crippen molar-refractivity contribution in [3.63, 3.8) is 0 Å². The van der Waals surface area contributed by atoms with Crippen molar-refractivity contribution in [2.45, 2.75) is 45.6 Å². The number of benzene rings is 2. The van der Waals surface area contributed by atoms with Gasteiger partial charge >= 0.3 is 0 Å². The highest BCUT2D eigenvalue weighted by Gasteiger charge is 2.28. The molecule has 0 fully saturated rings. The highest BCUT2D eigenvalue weighted by atomic mass is 16.5. The number of aromatic amines is 1. The molecule has 1 amide bonds. The zero-order valence-corrected chi connectivity index (χ0v) is 18.9. The molecule has 6 nitrogen and oxygen atoms in total. The monoisotopic (exact) mass is 434 g/mol. The van der Waals surface area contributed by atoms with Gasteiger partial charge in [-0.25, -0.2) is 0 Å². The van der Waals surface area contributed by atoms with Crippen molar-refractivity contribution in [1.82, 2.24) is 9.88 Å². The number of aryl methyl sites for hydroxylation is 1. The Morgan fingerprint density at radius 3 is 2.81 bits per heavy atom. The van der Waals surface area contributed by atoms with Gasteiger partial charge in [-0.1, -0.05) is 6.07 Å². The van der Waals surface area contributed by atoms with E-state index in [2.05, 4.69) is 17.1 Å². The number of carbonyl (C=O) groups is 2. The summed E-state index contributed by atoms with van der Waals surface area (Å²) in [5.74, 6) is 1.61. The normalized spacial score (nSPS) is 15.5. The van der Waals surface area contributed by atoms with E-state index >= 15 is 0 Å². The maximum atomic E-state index is 11.9. The minimum absolute atomic E-state index is 0.0216. The summed E-state index contributed by atoms with van der Waals surface area (Å²) in [4.78, 5) is 28.6. The molecule has 4 rings (SSSR count). The minimum atomic E-state index is -0.0216. The number of H-pyrrole nitrogens is 1. The Morgan fingerprint density at radius 2 is 2.09 bits per heavy atom. The van der Waals surface area contributed by atoms with Gasteiger partial charge in [0.25, 0.3) is 0 Å². The van der Waals surface area contributed by atoms with Crippen LogP contribution < -0.4 is 9.47 Å². The van der Waals surface area contributed by atoms with E-state index in [0.717, 1.165) is 53.5 Å². The van der Waals surface area contributed by atoms with Crippen molar-refractivity contribution in [1.29, 1.82) is 0 Å². The first-order valence-electron chi connectivity index (χ1n) is 11.2. The number of ether oxygens (including phenoxy) is 2. The zero-order chi connectivity index (χ0) is 22.7. The van der Waals surface area contributed by atoms with E-state index in [4.69, 9.17) is 9.47 Å². The molecule has 1 aliphatic heterocycles. The largest absolute Gasteiger partial charge is 0.493 e. The average molecular weight is 435 g/mol. The van der Waals surface area contributed by atoms with Crippen LogP contribution in [-0.2, 0) is 28.9 Å². The SMILES string of the molecule is CCOc1cc2c(cc1OC)CCN(C=O)C2CCc1c[nH]c2ccc(CC(C)=O)cc12. The molecule has 1 atom stereocenters. The summed E-state index contributed by atoms with van der Waals surface area (Å²) in [6, 6.07) is 10.2. The molecule has 2 aromatic carbocycles. The Balaban J connectivity index is 1.63. The predicted octanol–water partition coefficient (Wildman–Crippen LogP) is 4.40. The Labute approximate surface area is 188 Å². The van der Waals surface area contributed by atoms with Crippen LogP contribution in [0.4, 0.5) is 0 Å². The van der Waals surface area contributed by atoms with E-state index in [1.165, 1.54) is 11.1 Å². The second-order valence-electron chi connectivity index (χ2n) is 8.36. The topological polar surface area (TPSA) is 71.6 Å². The van der Waals surface area contributed by atoms with E-state index in [1.54, 1.807) is 14.0 Å². The number of rotatable bonds is 9. The molecule has 1 unspecified atom stereocenters. The van der Waals surface area contributed by atoms with Gasteiger partial charge in [0.15, 0.2) is 11.5 Å².